The van der Waals surface area contributed by atoms with Crippen molar-refractivity contribution >= 4 is 21.6 Å². The minimum atomic E-state index is -3.72. The summed E-state index contributed by atoms with van der Waals surface area (Å²) in [7, 11) is -2.31. The molecule has 1 N–H and O–H groups in total. The van der Waals surface area contributed by atoms with Crippen LogP contribution in [-0.4, -0.2) is 38.8 Å². The molecule has 0 aliphatic heterocycles. The van der Waals surface area contributed by atoms with Crippen molar-refractivity contribution in [2.75, 3.05) is 25.5 Å². The van der Waals surface area contributed by atoms with E-state index in [2.05, 4.69) is 5.32 Å². The summed E-state index contributed by atoms with van der Waals surface area (Å²) >= 11 is 0. The Hall–Kier alpha value is -3.17. The Morgan fingerprint density at radius 1 is 1.10 bits per heavy atom. The highest BCUT2D eigenvalue weighted by molar-refractivity contribution is 7.89. The molecule has 164 valence electrons. The van der Waals surface area contributed by atoms with Crippen LogP contribution in [0.2, 0.25) is 0 Å². The molecule has 31 heavy (non-hydrogen) atoms. The van der Waals surface area contributed by atoms with Crippen LogP contribution in [0.3, 0.4) is 0 Å². The summed E-state index contributed by atoms with van der Waals surface area (Å²) in [6, 6.07) is 13.2. The van der Waals surface area contributed by atoms with E-state index in [-0.39, 0.29) is 33.4 Å². The molecule has 0 spiro atoms. The molecule has 0 unspecified atom stereocenters. The van der Waals surface area contributed by atoms with E-state index in [0.29, 0.717) is 13.1 Å². The molecule has 9 heteroatoms. The molecule has 0 aliphatic carbocycles. The van der Waals surface area contributed by atoms with Crippen molar-refractivity contribution in [3.05, 3.63) is 66.2 Å². The van der Waals surface area contributed by atoms with Gasteiger partial charge in [-0.15, -0.1) is 0 Å². The number of carbonyl (C=O) groups excluding carboxylic acids is 1. The Morgan fingerprint density at radius 2 is 1.81 bits per heavy atom. The number of furan rings is 1. The molecule has 1 aromatic heterocycles. The van der Waals surface area contributed by atoms with Gasteiger partial charge in [0.25, 0.3) is 5.91 Å². The topological polar surface area (TPSA) is 88.9 Å². The van der Waals surface area contributed by atoms with Crippen molar-refractivity contribution in [2.45, 2.75) is 18.7 Å². The lowest BCUT2D eigenvalue weighted by Gasteiger charge is -2.19. The maximum absolute atomic E-state index is 14.0. The lowest BCUT2D eigenvalue weighted by atomic mass is 10.1. The first-order valence-corrected chi connectivity index (χ1v) is 11.1. The largest absolute Gasteiger partial charge is 0.495 e. The third-order valence-electron chi connectivity index (χ3n) is 4.73. The van der Waals surface area contributed by atoms with Crippen LogP contribution in [0.1, 0.15) is 24.4 Å². The second-order valence-corrected chi connectivity index (χ2v) is 8.49. The number of halogens is 1. The van der Waals surface area contributed by atoms with Gasteiger partial charge >= 0.3 is 0 Å². The third-order valence-corrected chi connectivity index (χ3v) is 6.78. The van der Waals surface area contributed by atoms with Gasteiger partial charge in [0.2, 0.25) is 10.0 Å². The van der Waals surface area contributed by atoms with Gasteiger partial charge in [-0.2, -0.15) is 4.31 Å². The molecule has 2 aromatic carbocycles. The Kier molecular flexibility index (Phi) is 6.77. The van der Waals surface area contributed by atoms with Crippen LogP contribution in [0, 0.1) is 5.82 Å². The highest BCUT2D eigenvalue weighted by Crippen LogP contribution is 2.30. The fraction of sp³-hybridized carbons (Fsp3) is 0.227. The molecule has 3 aromatic rings. The van der Waals surface area contributed by atoms with Crippen molar-refractivity contribution in [2.24, 2.45) is 0 Å². The van der Waals surface area contributed by atoms with Crippen molar-refractivity contribution in [3.63, 3.8) is 0 Å². The fourth-order valence-corrected chi connectivity index (χ4v) is 4.59. The van der Waals surface area contributed by atoms with Crippen molar-refractivity contribution in [1.29, 1.82) is 0 Å². The van der Waals surface area contributed by atoms with Crippen molar-refractivity contribution < 1.29 is 26.8 Å². The molecule has 0 bridgehead atoms. The van der Waals surface area contributed by atoms with E-state index in [4.69, 9.17) is 9.15 Å². The minimum Gasteiger partial charge on any atom is -0.495 e. The smallest absolute Gasteiger partial charge is 0.291 e. The molecule has 3 rings (SSSR count). The molecule has 0 saturated carbocycles. The highest BCUT2D eigenvalue weighted by Gasteiger charge is 2.24. The number of ether oxygens (including phenoxy) is 1. The van der Waals surface area contributed by atoms with E-state index in [1.165, 1.54) is 47.8 Å². The minimum absolute atomic E-state index is 0.0267. The standard InChI is InChI=1S/C22H23FN2O5S/c1-4-25(5-2)31(27,28)15-10-11-20(29-3)18(14-15)24-22(26)21-13-12-19(30-21)16-8-6-7-9-17(16)23/h6-14H,4-5H2,1-3H3,(H,24,26). The normalized spacial score (nSPS) is 11.5. The molecule has 0 fully saturated rings. The van der Waals surface area contributed by atoms with Gasteiger partial charge in [0.05, 0.1) is 23.3 Å². The monoisotopic (exact) mass is 446 g/mol. The Morgan fingerprint density at radius 3 is 2.45 bits per heavy atom. The number of nitrogens with zero attached hydrogens (tertiary/aromatic N) is 1. The zero-order valence-corrected chi connectivity index (χ0v) is 18.2. The molecule has 0 saturated heterocycles. The number of carbonyl (C=O) groups is 1. The summed E-state index contributed by atoms with van der Waals surface area (Å²) in [6.45, 7) is 4.13. The Labute approximate surface area is 180 Å². The number of anilines is 1. The first-order valence-electron chi connectivity index (χ1n) is 9.66. The first kappa shape index (κ1) is 22.5. The molecule has 0 atom stereocenters. The zero-order valence-electron chi connectivity index (χ0n) is 17.4. The van der Waals surface area contributed by atoms with Gasteiger partial charge in [-0.3, -0.25) is 4.79 Å². The third kappa shape index (κ3) is 4.62. The summed E-state index contributed by atoms with van der Waals surface area (Å²) in [6.07, 6.45) is 0. The fourth-order valence-electron chi connectivity index (χ4n) is 3.11. The van der Waals surface area contributed by atoms with Gasteiger partial charge in [-0.1, -0.05) is 26.0 Å². The maximum Gasteiger partial charge on any atom is 0.291 e. The molecule has 7 nitrogen and oxygen atoms in total. The molecule has 1 amide bonds. The van der Waals surface area contributed by atoms with Crippen molar-refractivity contribution in [1.82, 2.24) is 4.31 Å². The van der Waals surface area contributed by atoms with Crippen LogP contribution < -0.4 is 10.1 Å². The average Bonchev–Trinajstić information content (AvgIpc) is 3.25. The second-order valence-electron chi connectivity index (χ2n) is 6.55. The van der Waals surface area contributed by atoms with Crippen molar-refractivity contribution in [3.8, 4) is 17.1 Å². The van der Waals surface area contributed by atoms with Gasteiger partial charge in [0.1, 0.15) is 17.3 Å². The summed E-state index contributed by atoms with van der Waals surface area (Å²) in [5.41, 5.74) is 0.399. The maximum atomic E-state index is 14.0. The number of hydrogen-bond acceptors (Lipinski definition) is 5. The first-order chi connectivity index (χ1) is 14.8. The summed E-state index contributed by atoms with van der Waals surface area (Å²) in [5, 5.41) is 2.61. The predicted molar refractivity (Wildman–Crippen MR) is 115 cm³/mol. The Balaban J connectivity index is 1.90. The molecule has 1 heterocycles. The van der Waals surface area contributed by atoms with E-state index >= 15 is 0 Å². The SMILES string of the molecule is CCN(CC)S(=O)(=O)c1ccc(OC)c(NC(=O)c2ccc(-c3ccccc3F)o2)c1. The van der Waals surface area contributed by atoms with Gasteiger partial charge in [0, 0.05) is 13.1 Å². The van der Waals surface area contributed by atoms with Crippen LogP contribution in [0.25, 0.3) is 11.3 Å². The summed E-state index contributed by atoms with van der Waals surface area (Å²) in [5.74, 6) is -0.670. The number of benzene rings is 2. The molecule has 0 radical (unpaired) electrons. The van der Waals surface area contributed by atoms with Crippen LogP contribution in [0.15, 0.2) is 63.9 Å². The number of hydrogen-bond donors (Lipinski definition) is 1. The quantitative estimate of drug-likeness (QED) is 0.555. The number of sulfonamides is 1. The summed E-state index contributed by atoms with van der Waals surface area (Å²) in [4.78, 5) is 12.7. The van der Waals surface area contributed by atoms with Crippen LogP contribution in [-0.2, 0) is 10.0 Å². The predicted octanol–water partition coefficient (Wildman–Crippen LogP) is 4.38. The van der Waals surface area contributed by atoms with E-state index < -0.39 is 21.7 Å². The van der Waals surface area contributed by atoms with E-state index in [9.17, 15) is 17.6 Å². The van der Waals surface area contributed by atoms with Crippen LogP contribution in [0.4, 0.5) is 10.1 Å². The number of amides is 1. The van der Waals surface area contributed by atoms with Crippen LogP contribution >= 0.6 is 0 Å². The zero-order chi connectivity index (χ0) is 22.6. The average molecular weight is 447 g/mol. The molecular formula is C22H23FN2O5S. The van der Waals surface area contributed by atoms with Gasteiger partial charge in [0.15, 0.2) is 5.76 Å². The number of nitrogens with one attached hydrogen (secondary N) is 1. The van der Waals surface area contributed by atoms with E-state index in [1.807, 2.05) is 0 Å². The van der Waals surface area contributed by atoms with E-state index in [0.717, 1.165) is 0 Å². The number of methoxy groups -OCH3 is 1. The molecule has 0 aliphatic rings. The second kappa shape index (κ2) is 9.32. The Bertz CT molecular complexity index is 1190. The van der Waals surface area contributed by atoms with Crippen LogP contribution in [0.5, 0.6) is 5.75 Å². The van der Waals surface area contributed by atoms with Gasteiger partial charge < -0.3 is 14.5 Å². The van der Waals surface area contributed by atoms with Gasteiger partial charge in [-0.05, 0) is 42.5 Å². The lowest BCUT2D eigenvalue weighted by Crippen LogP contribution is -2.30. The molecular weight excluding hydrogens is 423 g/mol. The van der Waals surface area contributed by atoms with E-state index in [1.54, 1.807) is 32.0 Å². The highest BCUT2D eigenvalue weighted by atomic mass is 32.2. The summed E-state index contributed by atoms with van der Waals surface area (Å²) < 4.78 is 51.7. The van der Waals surface area contributed by atoms with Gasteiger partial charge in [-0.25, -0.2) is 12.8 Å². The number of rotatable bonds is 8. The lowest BCUT2D eigenvalue weighted by molar-refractivity contribution is 0.0997.